The first-order valence-corrected chi connectivity index (χ1v) is 3.72. The summed E-state index contributed by atoms with van der Waals surface area (Å²) in [4.78, 5) is 0. The number of rotatable bonds is 1. The molecule has 0 unspecified atom stereocenters. The van der Waals surface area contributed by atoms with E-state index in [1.54, 1.807) is 0 Å². The molecule has 0 heterocycles. The molecule has 36 valence electrons. The maximum Gasteiger partial charge on any atom is 0.207 e. The van der Waals surface area contributed by atoms with Crippen LogP contribution >= 0.6 is 0 Å². The summed E-state index contributed by atoms with van der Waals surface area (Å²) in [5, 5.41) is 11.5. The van der Waals surface area contributed by atoms with Gasteiger partial charge in [0.2, 0.25) is 9.12 Å². The molecule has 0 saturated carbocycles. The molecule has 0 bridgehead atoms. The van der Waals surface area contributed by atoms with E-state index >= 15 is 0 Å². The van der Waals surface area contributed by atoms with Crippen molar-refractivity contribution in [2.45, 2.75) is 6.92 Å². The van der Waals surface area contributed by atoms with E-state index in [9.17, 15) is 0 Å². The van der Waals surface area contributed by atoms with Crippen molar-refractivity contribution in [3.63, 3.8) is 0 Å². The maximum atomic E-state index is 5.25. The van der Waals surface area contributed by atoms with Crippen LogP contribution in [0, 0.1) is 0 Å². The molecule has 0 aliphatic carbocycles. The Bertz CT molecular complexity index is 59.8. The summed E-state index contributed by atoms with van der Waals surface area (Å²) in [6, 6.07) is 0. The zero-order valence-corrected chi connectivity index (χ0v) is 5.09. The van der Waals surface area contributed by atoms with E-state index in [0.717, 1.165) is 5.20 Å². The molecule has 6 heavy (non-hydrogen) atoms. The SMILES string of the molecule is C=C(C)[SiH](N)N. The van der Waals surface area contributed by atoms with Gasteiger partial charge in [0.1, 0.15) is 0 Å². The molecule has 0 saturated heterocycles. The van der Waals surface area contributed by atoms with Crippen LogP contribution in [0.4, 0.5) is 0 Å². The zero-order chi connectivity index (χ0) is 5.15. The van der Waals surface area contributed by atoms with Crippen LogP contribution in [0.2, 0.25) is 0 Å². The summed E-state index contributed by atoms with van der Waals surface area (Å²) < 4.78 is 0. The average molecular weight is 102 g/mol. The Hall–Kier alpha value is -0.123. The molecule has 0 aromatic rings. The Morgan fingerprint density at radius 3 is 1.83 bits per heavy atom. The van der Waals surface area contributed by atoms with Gasteiger partial charge in [-0.05, 0) is 6.92 Å². The van der Waals surface area contributed by atoms with Gasteiger partial charge < -0.3 is 10.8 Å². The maximum absolute atomic E-state index is 5.25. The van der Waals surface area contributed by atoms with Gasteiger partial charge in [-0.3, -0.25) is 0 Å². The molecule has 0 radical (unpaired) electrons. The number of nitrogens with two attached hydrogens (primary N) is 2. The molecule has 0 spiro atoms. The Balaban J connectivity index is 3.26. The van der Waals surface area contributed by atoms with Gasteiger partial charge in [0.15, 0.2) is 0 Å². The van der Waals surface area contributed by atoms with Gasteiger partial charge in [0, 0.05) is 0 Å². The Kier molecular flexibility index (Phi) is 2.08. The quantitative estimate of drug-likeness (QED) is 0.428. The second-order valence-electron chi connectivity index (χ2n) is 1.37. The fourth-order valence-corrected chi connectivity index (χ4v) is 0. The number of hydrogen-bond donors (Lipinski definition) is 2. The van der Waals surface area contributed by atoms with Gasteiger partial charge in [-0.2, -0.15) is 0 Å². The molecule has 0 aliphatic rings. The van der Waals surface area contributed by atoms with Crippen molar-refractivity contribution in [3.05, 3.63) is 11.8 Å². The lowest BCUT2D eigenvalue weighted by Gasteiger charge is -1.95. The van der Waals surface area contributed by atoms with Gasteiger partial charge in [-0.15, -0.1) is 6.58 Å². The van der Waals surface area contributed by atoms with E-state index in [1.807, 2.05) is 6.92 Å². The highest BCUT2D eigenvalue weighted by molar-refractivity contribution is 6.59. The number of hydrogen-bond acceptors (Lipinski definition) is 2. The van der Waals surface area contributed by atoms with Crippen molar-refractivity contribution in [3.8, 4) is 0 Å². The smallest absolute Gasteiger partial charge is 0.207 e. The third-order valence-corrected chi connectivity index (χ3v) is 1.71. The molecule has 2 nitrogen and oxygen atoms in total. The molecule has 0 aromatic carbocycles. The van der Waals surface area contributed by atoms with Crippen molar-refractivity contribution in [2.75, 3.05) is 0 Å². The standard InChI is InChI=1S/C3H10N2Si/c1-3(2)6(4)5/h6H,1,4-5H2,2H3. The summed E-state index contributed by atoms with van der Waals surface area (Å²) >= 11 is 0. The minimum Gasteiger partial charge on any atom is -0.338 e. The largest absolute Gasteiger partial charge is 0.338 e. The average Bonchev–Trinajstić information content (AvgIpc) is 1.36. The van der Waals surface area contributed by atoms with Crippen molar-refractivity contribution in [2.24, 2.45) is 10.8 Å². The molecule has 0 atom stereocenters. The predicted octanol–water partition coefficient (Wildman–Crippen LogP) is -0.760. The van der Waals surface area contributed by atoms with Crippen LogP contribution in [0.15, 0.2) is 11.8 Å². The normalized spacial score (nSPS) is 9.33. The fourth-order valence-electron chi connectivity index (χ4n) is 0. The first kappa shape index (κ1) is 5.88. The molecular weight excluding hydrogens is 92.1 g/mol. The van der Waals surface area contributed by atoms with Gasteiger partial charge in [0.05, 0.1) is 0 Å². The third kappa shape index (κ3) is 2.13. The van der Waals surface area contributed by atoms with Crippen molar-refractivity contribution in [1.82, 2.24) is 0 Å². The van der Waals surface area contributed by atoms with Crippen molar-refractivity contribution >= 4 is 9.12 Å². The molecule has 0 fully saturated rings. The molecule has 0 aliphatic heterocycles. The van der Waals surface area contributed by atoms with E-state index in [0.29, 0.717) is 0 Å². The molecule has 0 amide bonds. The Morgan fingerprint density at radius 2 is 1.83 bits per heavy atom. The molecule has 0 aromatic heterocycles. The second kappa shape index (κ2) is 2.12. The van der Waals surface area contributed by atoms with E-state index in [-0.39, 0.29) is 0 Å². The van der Waals surface area contributed by atoms with Gasteiger partial charge >= 0.3 is 0 Å². The fraction of sp³-hybridized carbons (Fsp3) is 0.333. The highest BCUT2D eigenvalue weighted by Gasteiger charge is 1.92. The molecule has 3 heteroatoms. The third-order valence-electron chi connectivity index (χ3n) is 0.569. The molecule has 0 rings (SSSR count). The highest BCUT2D eigenvalue weighted by atomic mass is 28.3. The minimum atomic E-state index is -1.44. The summed E-state index contributed by atoms with van der Waals surface area (Å²) in [6.45, 7) is 5.42. The van der Waals surface area contributed by atoms with Gasteiger partial charge in [-0.1, -0.05) is 5.20 Å². The summed E-state index contributed by atoms with van der Waals surface area (Å²) in [6.07, 6.45) is 0. The second-order valence-corrected chi connectivity index (χ2v) is 3.41. The summed E-state index contributed by atoms with van der Waals surface area (Å²) in [7, 11) is -1.44. The van der Waals surface area contributed by atoms with E-state index < -0.39 is 9.12 Å². The minimum absolute atomic E-state index is 0.954. The molecule has 4 N–H and O–H groups in total. The highest BCUT2D eigenvalue weighted by Crippen LogP contribution is 1.78. The first-order valence-electron chi connectivity index (χ1n) is 1.81. The van der Waals surface area contributed by atoms with Crippen LogP contribution in [0.5, 0.6) is 0 Å². The van der Waals surface area contributed by atoms with Crippen molar-refractivity contribution < 1.29 is 0 Å². The van der Waals surface area contributed by atoms with Crippen LogP contribution < -0.4 is 10.8 Å². The summed E-state index contributed by atoms with van der Waals surface area (Å²) in [5.41, 5.74) is 0. The lowest BCUT2D eigenvalue weighted by molar-refractivity contribution is 1.54. The van der Waals surface area contributed by atoms with E-state index in [2.05, 4.69) is 6.58 Å². The van der Waals surface area contributed by atoms with Gasteiger partial charge in [-0.25, -0.2) is 0 Å². The lowest BCUT2D eigenvalue weighted by Crippen LogP contribution is -2.37. The molecular formula is C3H10N2Si. The lowest BCUT2D eigenvalue weighted by atomic mass is 10.8. The number of allylic oxidation sites excluding steroid dienone is 1. The zero-order valence-electron chi connectivity index (χ0n) is 3.94. The Labute approximate surface area is 39.6 Å². The van der Waals surface area contributed by atoms with Crippen LogP contribution in [0.3, 0.4) is 0 Å². The van der Waals surface area contributed by atoms with Crippen LogP contribution in [-0.4, -0.2) is 9.12 Å². The van der Waals surface area contributed by atoms with Crippen LogP contribution in [0.1, 0.15) is 6.92 Å². The van der Waals surface area contributed by atoms with Crippen molar-refractivity contribution in [1.29, 1.82) is 0 Å². The van der Waals surface area contributed by atoms with E-state index in [1.165, 1.54) is 0 Å². The van der Waals surface area contributed by atoms with Crippen LogP contribution in [-0.2, 0) is 0 Å². The Morgan fingerprint density at radius 1 is 1.67 bits per heavy atom. The predicted molar refractivity (Wildman–Crippen MR) is 30.3 cm³/mol. The van der Waals surface area contributed by atoms with Crippen LogP contribution in [0.25, 0.3) is 0 Å². The van der Waals surface area contributed by atoms with E-state index in [4.69, 9.17) is 10.8 Å². The van der Waals surface area contributed by atoms with Gasteiger partial charge in [0.25, 0.3) is 0 Å². The first-order chi connectivity index (χ1) is 2.64. The topological polar surface area (TPSA) is 52.0 Å². The monoisotopic (exact) mass is 102 g/mol. The summed E-state index contributed by atoms with van der Waals surface area (Å²) in [5.74, 6) is 0.